The number of amides is 1. The highest BCUT2D eigenvalue weighted by atomic mass is 35.5. The number of carbonyl (C=O) groups excluding carboxylic acids is 1. The van der Waals surface area contributed by atoms with E-state index in [1.54, 1.807) is 0 Å². The zero-order valence-electron chi connectivity index (χ0n) is 12.4. The van der Waals surface area contributed by atoms with E-state index in [4.69, 9.17) is 35.4 Å². The Morgan fingerprint density at radius 3 is 2.38 bits per heavy atom. The minimum Gasteiger partial charge on any atom is -0.345 e. The van der Waals surface area contributed by atoms with Crippen molar-refractivity contribution in [3.05, 3.63) is 27.7 Å². The van der Waals surface area contributed by atoms with Crippen molar-refractivity contribution in [2.75, 3.05) is 11.4 Å². The molecule has 3 nitrogen and oxygen atoms in total. The van der Waals surface area contributed by atoms with E-state index < -0.39 is 11.7 Å². The molecule has 2 saturated heterocycles. The molecule has 0 aliphatic carbocycles. The summed E-state index contributed by atoms with van der Waals surface area (Å²) < 4.78 is 38.6. The van der Waals surface area contributed by atoms with Crippen LogP contribution in [0, 0.1) is 0 Å². The van der Waals surface area contributed by atoms with Crippen molar-refractivity contribution in [1.29, 1.82) is 0 Å². The van der Waals surface area contributed by atoms with Gasteiger partial charge < -0.3 is 4.90 Å². The van der Waals surface area contributed by atoms with Crippen LogP contribution in [0.4, 0.5) is 18.9 Å². The third-order valence-corrected chi connectivity index (χ3v) is 5.28. The number of alkyl halides is 3. The van der Waals surface area contributed by atoms with Gasteiger partial charge in [-0.3, -0.25) is 9.69 Å². The Morgan fingerprint density at radius 2 is 1.79 bits per heavy atom. The Labute approximate surface area is 152 Å². The van der Waals surface area contributed by atoms with E-state index in [9.17, 15) is 18.0 Å². The average Bonchev–Trinajstić information content (AvgIpc) is 2.48. The van der Waals surface area contributed by atoms with Crippen LogP contribution in [0.3, 0.4) is 0 Å². The van der Waals surface area contributed by atoms with E-state index >= 15 is 0 Å². The second-order valence-corrected chi connectivity index (χ2v) is 7.02. The maximum Gasteiger partial charge on any atom is 0.416 e. The molecule has 2 heterocycles. The van der Waals surface area contributed by atoms with Crippen molar-refractivity contribution < 1.29 is 18.0 Å². The number of nitrogens with zero attached hydrogens (tertiary/aromatic N) is 2. The number of piperidine rings is 1. The molecule has 9 heteroatoms. The summed E-state index contributed by atoms with van der Waals surface area (Å²) >= 11 is 17.4. The van der Waals surface area contributed by atoms with Gasteiger partial charge in [0.25, 0.3) is 0 Å². The fraction of sp³-hybridized carbons (Fsp3) is 0.467. The molecule has 1 amide bonds. The lowest BCUT2D eigenvalue weighted by Gasteiger charge is -2.45. The lowest BCUT2D eigenvalue weighted by molar-refractivity contribution is -0.137. The monoisotopic (exact) mass is 396 g/mol. The van der Waals surface area contributed by atoms with Crippen LogP contribution in [0.15, 0.2) is 12.1 Å². The summed E-state index contributed by atoms with van der Waals surface area (Å²) in [6, 6.07) is 1.57. The van der Waals surface area contributed by atoms with Gasteiger partial charge in [0.15, 0.2) is 5.11 Å². The summed E-state index contributed by atoms with van der Waals surface area (Å²) in [7, 11) is 0. The van der Waals surface area contributed by atoms with Crippen LogP contribution >= 0.6 is 35.4 Å². The highest BCUT2D eigenvalue weighted by Gasteiger charge is 2.40. The second kappa shape index (κ2) is 6.35. The third-order valence-electron chi connectivity index (χ3n) is 4.29. The molecule has 2 aliphatic heterocycles. The Balaban J connectivity index is 2.02. The first-order valence-electron chi connectivity index (χ1n) is 7.40. The Bertz CT molecular complexity index is 687. The number of fused-ring (bicyclic) bond motifs is 1. The number of hydrogen-bond acceptors (Lipinski definition) is 2. The van der Waals surface area contributed by atoms with E-state index in [-0.39, 0.29) is 39.2 Å². The van der Waals surface area contributed by atoms with Gasteiger partial charge in [0.1, 0.15) is 0 Å². The predicted octanol–water partition coefficient (Wildman–Crippen LogP) is 4.89. The van der Waals surface area contributed by atoms with Gasteiger partial charge in [-0.1, -0.05) is 23.2 Å². The summed E-state index contributed by atoms with van der Waals surface area (Å²) in [6.07, 6.45) is -1.48. The minimum absolute atomic E-state index is 0.0188. The molecule has 1 atom stereocenters. The zero-order valence-corrected chi connectivity index (χ0v) is 14.7. The van der Waals surface area contributed by atoms with Crippen molar-refractivity contribution in [2.24, 2.45) is 0 Å². The number of carbonyl (C=O) groups is 1. The van der Waals surface area contributed by atoms with Crippen molar-refractivity contribution >= 4 is 52.1 Å². The molecule has 1 unspecified atom stereocenters. The maximum atomic E-state index is 12.9. The number of rotatable bonds is 1. The number of thiocarbonyl (C=S) groups is 1. The molecule has 3 rings (SSSR count). The first kappa shape index (κ1) is 17.8. The predicted molar refractivity (Wildman–Crippen MR) is 90.5 cm³/mol. The van der Waals surface area contributed by atoms with Crippen molar-refractivity contribution in [3.63, 3.8) is 0 Å². The normalized spacial score (nSPS) is 22.0. The lowest BCUT2D eigenvalue weighted by Crippen LogP contribution is -2.58. The minimum atomic E-state index is -4.57. The summed E-state index contributed by atoms with van der Waals surface area (Å²) in [5.74, 6) is -0.299. The van der Waals surface area contributed by atoms with E-state index in [1.807, 2.05) is 4.90 Å². The Kier molecular flexibility index (Phi) is 4.70. The molecule has 0 aromatic heterocycles. The molecule has 0 bridgehead atoms. The molecule has 1 aromatic carbocycles. The van der Waals surface area contributed by atoms with Crippen molar-refractivity contribution in [2.45, 2.75) is 37.9 Å². The molecule has 0 N–H and O–H groups in total. The number of benzene rings is 1. The standard InChI is InChI=1S/C15H13Cl2F3N2OS/c16-10-5-8(15(18,19)20)6-11(17)13(10)22-12(23)7-9-3-1-2-4-21(9)14(22)24/h5-6,9H,1-4,7H2. The summed E-state index contributed by atoms with van der Waals surface area (Å²) in [5, 5.41) is -0.249. The quantitative estimate of drug-likeness (QED) is 0.631. The molecule has 0 saturated carbocycles. The van der Waals surface area contributed by atoms with Gasteiger partial charge in [-0.05, 0) is 43.6 Å². The summed E-state index contributed by atoms with van der Waals surface area (Å²) in [5.41, 5.74) is -0.946. The lowest BCUT2D eigenvalue weighted by atomic mass is 9.97. The SMILES string of the molecule is O=C1CC2CCCCN2C(=S)N1c1c(Cl)cc(C(F)(F)F)cc1Cl. The van der Waals surface area contributed by atoms with E-state index in [0.717, 1.165) is 31.4 Å². The molecule has 24 heavy (non-hydrogen) atoms. The largest absolute Gasteiger partial charge is 0.416 e. The Morgan fingerprint density at radius 1 is 1.17 bits per heavy atom. The molecule has 0 spiro atoms. The molecule has 1 aromatic rings. The highest BCUT2D eigenvalue weighted by Crippen LogP contribution is 2.42. The van der Waals surface area contributed by atoms with Crippen LogP contribution in [-0.4, -0.2) is 28.5 Å². The maximum absolute atomic E-state index is 12.9. The Hall–Kier alpha value is -1.05. The summed E-state index contributed by atoms with van der Waals surface area (Å²) in [6.45, 7) is 0.711. The first-order valence-corrected chi connectivity index (χ1v) is 8.56. The molecule has 2 fully saturated rings. The van der Waals surface area contributed by atoms with Crippen LogP contribution in [-0.2, 0) is 11.0 Å². The van der Waals surface area contributed by atoms with E-state index in [2.05, 4.69) is 0 Å². The van der Waals surface area contributed by atoms with Gasteiger partial charge in [-0.2, -0.15) is 13.2 Å². The highest BCUT2D eigenvalue weighted by molar-refractivity contribution is 7.80. The summed E-state index contributed by atoms with van der Waals surface area (Å²) in [4.78, 5) is 15.6. The number of hydrogen-bond donors (Lipinski definition) is 0. The molecule has 130 valence electrons. The second-order valence-electron chi connectivity index (χ2n) is 5.85. The van der Waals surface area contributed by atoms with Crippen LogP contribution < -0.4 is 4.90 Å². The fourth-order valence-corrected chi connectivity index (χ4v) is 4.25. The van der Waals surface area contributed by atoms with Gasteiger partial charge in [0.05, 0.1) is 21.3 Å². The van der Waals surface area contributed by atoms with Gasteiger partial charge >= 0.3 is 6.18 Å². The van der Waals surface area contributed by atoms with E-state index in [1.165, 1.54) is 4.90 Å². The van der Waals surface area contributed by atoms with E-state index in [0.29, 0.717) is 6.54 Å². The molecular formula is C15H13Cl2F3N2OS. The topological polar surface area (TPSA) is 23.6 Å². The fourth-order valence-electron chi connectivity index (χ4n) is 3.16. The third kappa shape index (κ3) is 3.09. The van der Waals surface area contributed by atoms with Crippen molar-refractivity contribution in [3.8, 4) is 0 Å². The van der Waals surface area contributed by atoms with Crippen LogP contribution in [0.25, 0.3) is 0 Å². The smallest absolute Gasteiger partial charge is 0.345 e. The van der Waals surface area contributed by atoms with Crippen LogP contribution in [0.1, 0.15) is 31.2 Å². The first-order chi connectivity index (χ1) is 11.2. The molecular weight excluding hydrogens is 384 g/mol. The average molecular weight is 397 g/mol. The van der Waals surface area contributed by atoms with Crippen LogP contribution in [0.2, 0.25) is 10.0 Å². The number of halogens is 5. The van der Waals surface area contributed by atoms with Gasteiger partial charge in [-0.25, -0.2) is 0 Å². The number of anilines is 1. The van der Waals surface area contributed by atoms with Crippen LogP contribution in [0.5, 0.6) is 0 Å². The van der Waals surface area contributed by atoms with Gasteiger partial charge in [0, 0.05) is 19.0 Å². The zero-order chi connectivity index (χ0) is 17.6. The van der Waals surface area contributed by atoms with Gasteiger partial charge in [-0.15, -0.1) is 0 Å². The van der Waals surface area contributed by atoms with Crippen molar-refractivity contribution in [1.82, 2.24) is 4.90 Å². The molecule has 0 radical (unpaired) electrons. The van der Waals surface area contributed by atoms with Gasteiger partial charge in [0.2, 0.25) is 5.91 Å². The molecule has 2 aliphatic rings.